The summed E-state index contributed by atoms with van der Waals surface area (Å²) in [5, 5.41) is 2.47. The van der Waals surface area contributed by atoms with E-state index in [1.54, 1.807) is 0 Å². The fourth-order valence-electron chi connectivity index (χ4n) is 0.702. The molecule has 0 saturated carbocycles. The molecule has 2 aliphatic heterocycles. The lowest BCUT2D eigenvalue weighted by Crippen LogP contribution is -2.41. The number of nitrogens with one attached hydrogen (secondary N) is 3. The van der Waals surface area contributed by atoms with Crippen LogP contribution in [0.3, 0.4) is 0 Å². The molecule has 0 aromatic carbocycles. The van der Waals surface area contributed by atoms with Gasteiger partial charge >= 0.3 is 6.03 Å². The minimum absolute atomic E-state index is 0.280. The molecule has 0 aromatic heterocycles. The van der Waals surface area contributed by atoms with Gasteiger partial charge in [-0.2, -0.15) is 10.4 Å². The quantitative estimate of drug-likeness (QED) is 0.370. The maximum absolute atomic E-state index is 10.4. The Hall–Kier alpha value is -1.14. The molecule has 1 atom stereocenters. The summed E-state index contributed by atoms with van der Waals surface area (Å²) >= 11 is 0. The van der Waals surface area contributed by atoms with Crippen molar-refractivity contribution in [2.24, 2.45) is 4.99 Å². The maximum Gasteiger partial charge on any atom is 0.345 e. The van der Waals surface area contributed by atoms with Crippen molar-refractivity contribution in [3.63, 3.8) is 0 Å². The van der Waals surface area contributed by atoms with Crippen LogP contribution in [-0.4, -0.2) is 18.1 Å². The molecule has 0 aliphatic carbocycles. The van der Waals surface area contributed by atoms with Gasteiger partial charge in [-0.05, 0) is 0 Å². The lowest BCUT2D eigenvalue weighted by Gasteiger charge is -1.96. The zero-order valence-electron chi connectivity index (χ0n) is 4.34. The minimum Gasteiger partial charge on any atom is -0.374 e. The van der Waals surface area contributed by atoms with Crippen LogP contribution in [0.2, 0.25) is 0 Å². The molecule has 0 aromatic rings. The van der Waals surface area contributed by atoms with Crippen LogP contribution in [0.1, 0.15) is 0 Å². The number of hydrogen-bond acceptors (Lipinski definition) is 4. The van der Waals surface area contributed by atoms with E-state index in [0.717, 1.165) is 0 Å². The molecule has 2 aliphatic rings. The molecule has 6 nitrogen and oxygen atoms in total. The zero-order chi connectivity index (χ0) is 6.27. The first-order valence-electron chi connectivity index (χ1n) is 2.43. The predicted octanol–water partition coefficient (Wildman–Crippen LogP) is -1.53. The Bertz CT molecular complexity index is 188. The van der Waals surface area contributed by atoms with Gasteiger partial charge in [-0.25, -0.2) is 4.79 Å². The second-order valence-corrected chi connectivity index (χ2v) is 1.68. The standard InChI is InChI=1S/C3H4N4O2/c8-3-4-1-2(5-3)9-7-6-1/h1,6-7H,(H,4,8). The summed E-state index contributed by atoms with van der Waals surface area (Å²) in [6.45, 7) is 0. The van der Waals surface area contributed by atoms with E-state index >= 15 is 0 Å². The number of hydrazine groups is 1. The largest absolute Gasteiger partial charge is 0.374 e. The van der Waals surface area contributed by atoms with Crippen molar-refractivity contribution in [1.82, 2.24) is 16.3 Å². The number of amides is 2. The van der Waals surface area contributed by atoms with Crippen LogP contribution in [0.5, 0.6) is 0 Å². The highest BCUT2D eigenvalue weighted by Gasteiger charge is 2.31. The zero-order valence-corrected chi connectivity index (χ0v) is 4.34. The third-order valence-electron chi connectivity index (χ3n) is 1.09. The number of carbonyl (C=O) groups excluding carboxylic acids is 1. The summed E-state index contributed by atoms with van der Waals surface area (Å²) in [6, 6.07) is -0.371. The van der Waals surface area contributed by atoms with E-state index in [2.05, 4.69) is 26.2 Å². The highest BCUT2D eigenvalue weighted by atomic mass is 16.7. The fourth-order valence-corrected chi connectivity index (χ4v) is 0.702. The average molecular weight is 128 g/mol. The number of carbonyl (C=O) groups is 1. The molecular weight excluding hydrogens is 124 g/mol. The third kappa shape index (κ3) is 0.570. The van der Waals surface area contributed by atoms with Crippen molar-refractivity contribution >= 4 is 11.9 Å². The molecular formula is C3H4N4O2. The molecule has 1 saturated heterocycles. The highest BCUT2D eigenvalue weighted by molar-refractivity contribution is 6.00. The summed E-state index contributed by atoms with van der Waals surface area (Å²) in [5.41, 5.74) is 4.96. The summed E-state index contributed by atoms with van der Waals surface area (Å²) in [5.74, 6) is 0.347. The van der Waals surface area contributed by atoms with E-state index < -0.39 is 0 Å². The van der Waals surface area contributed by atoms with Gasteiger partial charge < -0.3 is 10.2 Å². The van der Waals surface area contributed by atoms with E-state index in [4.69, 9.17) is 0 Å². The molecule has 2 rings (SSSR count). The Kier molecular flexibility index (Phi) is 0.746. The number of urea groups is 1. The van der Waals surface area contributed by atoms with Crippen molar-refractivity contribution in [3.8, 4) is 0 Å². The monoisotopic (exact) mass is 128 g/mol. The Balaban J connectivity index is 2.27. The van der Waals surface area contributed by atoms with Gasteiger partial charge in [0.25, 0.3) is 5.90 Å². The lowest BCUT2D eigenvalue weighted by atomic mass is 10.5. The van der Waals surface area contributed by atoms with E-state index in [0.29, 0.717) is 5.90 Å². The van der Waals surface area contributed by atoms with E-state index in [9.17, 15) is 4.79 Å². The topological polar surface area (TPSA) is 74.8 Å². The first-order valence-corrected chi connectivity index (χ1v) is 2.43. The summed E-state index contributed by atoms with van der Waals surface area (Å²) < 4.78 is 0. The first-order chi connectivity index (χ1) is 4.36. The molecule has 2 amide bonds. The minimum atomic E-state index is -0.371. The van der Waals surface area contributed by atoms with Crippen molar-refractivity contribution < 1.29 is 9.63 Å². The van der Waals surface area contributed by atoms with Crippen LogP contribution in [0, 0.1) is 0 Å². The number of fused-ring (bicyclic) bond motifs is 1. The molecule has 0 spiro atoms. The Labute approximate surface area is 50.2 Å². The molecule has 2 heterocycles. The normalized spacial score (nSPS) is 30.9. The third-order valence-corrected chi connectivity index (χ3v) is 1.09. The van der Waals surface area contributed by atoms with Crippen LogP contribution >= 0.6 is 0 Å². The molecule has 1 unspecified atom stereocenters. The maximum atomic E-state index is 10.4. The van der Waals surface area contributed by atoms with Crippen molar-refractivity contribution in [3.05, 3.63) is 0 Å². The van der Waals surface area contributed by atoms with Crippen LogP contribution < -0.4 is 16.3 Å². The molecule has 1 fully saturated rings. The Morgan fingerprint density at radius 2 is 2.56 bits per heavy atom. The van der Waals surface area contributed by atoms with Crippen LogP contribution in [0.4, 0.5) is 4.79 Å². The van der Waals surface area contributed by atoms with E-state index in [1.165, 1.54) is 0 Å². The molecule has 9 heavy (non-hydrogen) atoms. The molecule has 48 valence electrons. The Morgan fingerprint density at radius 1 is 1.67 bits per heavy atom. The Morgan fingerprint density at radius 3 is 3.33 bits per heavy atom. The van der Waals surface area contributed by atoms with Gasteiger partial charge in [-0.15, -0.1) is 0 Å². The van der Waals surface area contributed by atoms with E-state index in [1.807, 2.05) is 0 Å². The van der Waals surface area contributed by atoms with Crippen LogP contribution in [-0.2, 0) is 4.84 Å². The summed E-state index contributed by atoms with van der Waals surface area (Å²) in [4.78, 5) is 18.5. The lowest BCUT2D eigenvalue weighted by molar-refractivity contribution is 0.178. The molecule has 6 heteroatoms. The van der Waals surface area contributed by atoms with Gasteiger partial charge in [0.15, 0.2) is 6.17 Å². The predicted molar refractivity (Wildman–Crippen MR) is 27.1 cm³/mol. The number of aliphatic imine (C=N–C) groups is 1. The SMILES string of the molecule is O=C1N=C2ONNC2N1. The first kappa shape index (κ1) is 4.71. The van der Waals surface area contributed by atoms with Gasteiger partial charge in [0, 0.05) is 0 Å². The second kappa shape index (κ2) is 1.42. The number of hydrogen-bond donors (Lipinski definition) is 3. The number of nitrogens with zero attached hydrogens (tertiary/aromatic N) is 1. The van der Waals surface area contributed by atoms with Crippen molar-refractivity contribution in [2.75, 3.05) is 0 Å². The van der Waals surface area contributed by atoms with Gasteiger partial charge in [-0.3, -0.25) is 0 Å². The fraction of sp³-hybridized carbons (Fsp3) is 0.333. The summed E-state index contributed by atoms with van der Waals surface area (Å²) in [7, 11) is 0. The van der Waals surface area contributed by atoms with Crippen LogP contribution in [0.15, 0.2) is 4.99 Å². The molecule has 0 radical (unpaired) electrons. The summed E-state index contributed by atoms with van der Waals surface area (Å²) in [6.07, 6.45) is -0.280. The van der Waals surface area contributed by atoms with Crippen molar-refractivity contribution in [2.45, 2.75) is 6.17 Å². The second-order valence-electron chi connectivity index (χ2n) is 1.68. The van der Waals surface area contributed by atoms with Gasteiger partial charge in [0.2, 0.25) is 0 Å². The van der Waals surface area contributed by atoms with Gasteiger partial charge in [-0.1, -0.05) is 5.59 Å². The van der Waals surface area contributed by atoms with Crippen molar-refractivity contribution in [1.29, 1.82) is 0 Å². The van der Waals surface area contributed by atoms with Crippen LogP contribution in [0.25, 0.3) is 0 Å². The molecule has 3 N–H and O–H groups in total. The smallest absolute Gasteiger partial charge is 0.345 e. The average Bonchev–Trinajstić information content (AvgIpc) is 2.22. The van der Waals surface area contributed by atoms with Gasteiger partial charge in [0.05, 0.1) is 0 Å². The number of rotatable bonds is 0. The van der Waals surface area contributed by atoms with Gasteiger partial charge in [0.1, 0.15) is 0 Å². The molecule has 0 bridgehead atoms. The van der Waals surface area contributed by atoms with E-state index in [-0.39, 0.29) is 12.2 Å². The highest BCUT2D eigenvalue weighted by Crippen LogP contribution is 2.00.